The molecule has 1 aromatic carbocycles. The molecule has 1 aromatic heterocycles. The van der Waals surface area contributed by atoms with Crippen molar-refractivity contribution in [3.05, 3.63) is 53.3 Å². The molecule has 1 atom stereocenters. The molecule has 0 saturated carbocycles. The number of benzene rings is 1. The molecule has 0 fully saturated rings. The Labute approximate surface area is 115 Å². The highest BCUT2D eigenvalue weighted by molar-refractivity contribution is 5.23. The number of aryl methyl sites for hydroxylation is 2. The van der Waals surface area contributed by atoms with Crippen LogP contribution in [0.25, 0.3) is 0 Å². The quantitative estimate of drug-likeness (QED) is 0.859. The Morgan fingerprint density at radius 2 is 2.00 bits per heavy atom. The highest BCUT2D eigenvalue weighted by Crippen LogP contribution is 2.13. The maximum atomic E-state index is 4.34. The molecule has 2 aromatic rings. The van der Waals surface area contributed by atoms with Crippen molar-refractivity contribution < 1.29 is 0 Å². The summed E-state index contributed by atoms with van der Waals surface area (Å²) in [5, 5.41) is 7.88. The Morgan fingerprint density at radius 3 is 2.68 bits per heavy atom. The molecule has 0 aliphatic rings. The summed E-state index contributed by atoms with van der Waals surface area (Å²) in [5.41, 5.74) is 3.87. The highest BCUT2D eigenvalue weighted by atomic mass is 15.3. The van der Waals surface area contributed by atoms with E-state index in [1.54, 1.807) is 0 Å². The van der Waals surface area contributed by atoms with Crippen LogP contribution in [0.1, 0.15) is 43.0 Å². The lowest BCUT2D eigenvalue weighted by atomic mass is 10.1. The summed E-state index contributed by atoms with van der Waals surface area (Å²) in [6.07, 6.45) is 5.19. The van der Waals surface area contributed by atoms with Crippen LogP contribution in [0, 0.1) is 6.92 Å². The second kappa shape index (κ2) is 6.53. The van der Waals surface area contributed by atoms with Gasteiger partial charge in [-0.05, 0) is 25.8 Å². The van der Waals surface area contributed by atoms with Crippen molar-refractivity contribution in [2.45, 2.75) is 46.3 Å². The summed E-state index contributed by atoms with van der Waals surface area (Å²) in [6.45, 7) is 8.33. The first-order chi connectivity index (χ1) is 9.19. The first kappa shape index (κ1) is 13.8. The van der Waals surface area contributed by atoms with Crippen LogP contribution in [0.5, 0.6) is 0 Å². The Morgan fingerprint density at radius 1 is 1.26 bits per heavy atom. The van der Waals surface area contributed by atoms with Crippen molar-refractivity contribution in [2.75, 3.05) is 0 Å². The first-order valence-corrected chi connectivity index (χ1v) is 7.00. The molecule has 0 amide bonds. The molecule has 19 heavy (non-hydrogen) atoms. The summed E-state index contributed by atoms with van der Waals surface area (Å²) >= 11 is 0. The lowest BCUT2D eigenvalue weighted by Gasteiger charge is -2.13. The van der Waals surface area contributed by atoms with Gasteiger partial charge < -0.3 is 5.32 Å². The zero-order valence-electron chi connectivity index (χ0n) is 12.1. The van der Waals surface area contributed by atoms with Gasteiger partial charge in [-0.2, -0.15) is 5.10 Å². The summed E-state index contributed by atoms with van der Waals surface area (Å²) < 4.78 is 2.01. The van der Waals surface area contributed by atoms with Crippen molar-refractivity contribution in [1.82, 2.24) is 15.1 Å². The molecule has 0 aliphatic heterocycles. The van der Waals surface area contributed by atoms with Crippen molar-refractivity contribution in [3.63, 3.8) is 0 Å². The van der Waals surface area contributed by atoms with Crippen molar-refractivity contribution in [2.24, 2.45) is 0 Å². The molecule has 0 aliphatic carbocycles. The van der Waals surface area contributed by atoms with Gasteiger partial charge >= 0.3 is 0 Å². The standard InChI is InChI=1S/C16H23N3/c1-4-9-19-12-15(11-18-19)10-17-14(3)16-7-5-13(2)6-8-16/h5-8,11-12,14,17H,4,9-10H2,1-3H3/t14-/m0/s1. The molecular weight excluding hydrogens is 234 g/mol. The van der Waals surface area contributed by atoms with E-state index < -0.39 is 0 Å². The van der Waals surface area contributed by atoms with Gasteiger partial charge in [0.2, 0.25) is 0 Å². The molecule has 0 spiro atoms. The number of hydrogen-bond donors (Lipinski definition) is 1. The zero-order chi connectivity index (χ0) is 13.7. The monoisotopic (exact) mass is 257 g/mol. The fourth-order valence-electron chi connectivity index (χ4n) is 2.09. The number of nitrogens with one attached hydrogen (secondary N) is 1. The third-order valence-electron chi connectivity index (χ3n) is 3.33. The van der Waals surface area contributed by atoms with E-state index in [0.29, 0.717) is 6.04 Å². The van der Waals surface area contributed by atoms with E-state index in [4.69, 9.17) is 0 Å². The van der Waals surface area contributed by atoms with Gasteiger partial charge in [0, 0.05) is 30.9 Å². The Kier molecular flexibility index (Phi) is 4.74. The SMILES string of the molecule is CCCn1cc(CN[C@@H](C)c2ccc(C)cc2)cn1. The highest BCUT2D eigenvalue weighted by Gasteiger charge is 2.05. The van der Waals surface area contributed by atoms with Gasteiger partial charge in [0.25, 0.3) is 0 Å². The van der Waals surface area contributed by atoms with Crippen LogP contribution in [0.3, 0.4) is 0 Å². The second-order valence-corrected chi connectivity index (χ2v) is 5.12. The van der Waals surface area contributed by atoms with Gasteiger partial charge in [-0.3, -0.25) is 4.68 Å². The Hall–Kier alpha value is -1.61. The van der Waals surface area contributed by atoms with E-state index >= 15 is 0 Å². The normalized spacial score (nSPS) is 12.6. The fourth-order valence-corrected chi connectivity index (χ4v) is 2.09. The smallest absolute Gasteiger partial charge is 0.0534 e. The molecule has 0 saturated heterocycles. The van der Waals surface area contributed by atoms with Crippen LogP contribution in [-0.4, -0.2) is 9.78 Å². The van der Waals surface area contributed by atoms with E-state index in [9.17, 15) is 0 Å². The van der Waals surface area contributed by atoms with Gasteiger partial charge in [-0.1, -0.05) is 36.8 Å². The van der Waals surface area contributed by atoms with Crippen LogP contribution in [0.15, 0.2) is 36.7 Å². The molecule has 1 N–H and O–H groups in total. The average Bonchev–Trinajstić information content (AvgIpc) is 2.85. The summed E-state index contributed by atoms with van der Waals surface area (Å²) in [7, 11) is 0. The maximum absolute atomic E-state index is 4.34. The average molecular weight is 257 g/mol. The predicted octanol–water partition coefficient (Wildman–Crippen LogP) is 3.45. The van der Waals surface area contributed by atoms with E-state index in [1.807, 2.05) is 10.9 Å². The van der Waals surface area contributed by atoms with Gasteiger partial charge in [0.15, 0.2) is 0 Å². The van der Waals surface area contributed by atoms with Crippen LogP contribution in [-0.2, 0) is 13.1 Å². The van der Waals surface area contributed by atoms with Gasteiger partial charge in [0.05, 0.1) is 6.20 Å². The predicted molar refractivity (Wildman–Crippen MR) is 79.0 cm³/mol. The van der Waals surface area contributed by atoms with Crippen molar-refractivity contribution >= 4 is 0 Å². The molecule has 1 heterocycles. The third kappa shape index (κ3) is 3.93. The van der Waals surface area contributed by atoms with Crippen molar-refractivity contribution in [1.29, 1.82) is 0 Å². The summed E-state index contributed by atoms with van der Waals surface area (Å²) in [4.78, 5) is 0. The molecule has 0 bridgehead atoms. The molecule has 3 nitrogen and oxygen atoms in total. The largest absolute Gasteiger partial charge is 0.306 e. The van der Waals surface area contributed by atoms with Crippen LogP contribution < -0.4 is 5.32 Å². The number of nitrogens with zero attached hydrogens (tertiary/aromatic N) is 2. The van der Waals surface area contributed by atoms with Crippen LogP contribution in [0.4, 0.5) is 0 Å². The Bertz CT molecular complexity index is 499. The maximum Gasteiger partial charge on any atom is 0.0534 e. The van der Waals surface area contributed by atoms with E-state index in [-0.39, 0.29) is 0 Å². The topological polar surface area (TPSA) is 29.9 Å². The van der Waals surface area contributed by atoms with Crippen LogP contribution in [0.2, 0.25) is 0 Å². The molecule has 2 rings (SSSR count). The lowest BCUT2D eigenvalue weighted by Crippen LogP contribution is -2.17. The molecule has 0 radical (unpaired) electrons. The fraction of sp³-hybridized carbons (Fsp3) is 0.438. The molecule has 102 valence electrons. The van der Waals surface area contributed by atoms with E-state index in [0.717, 1.165) is 19.5 Å². The van der Waals surface area contributed by atoms with Crippen LogP contribution >= 0.6 is 0 Å². The number of hydrogen-bond acceptors (Lipinski definition) is 2. The minimum Gasteiger partial charge on any atom is -0.306 e. The molecule has 3 heteroatoms. The first-order valence-electron chi connectivity index (χ1n) is 7.00. The molecule has 0 unspecified atom stereocenters. The van der Waals surface area contributed by atoms with E-state index in [1.165, 1.54) is 16.7 Å². The minimum atomic E-state index is 0.357. The van der Waals surface area contributed by atoms with Gasteiger partial charge in [-0.25, -0.2) is 0 Å². The second-order valence-electron chi connectivity index (χ2n) is 5.12. The lowest BCUT2D eigenvalue weighted by molar-refractivity contribution is 0.572. The number of aromatic nitrogens is 2. The summed E-state index contributed by atoms with van der Waals surface area (Å²) in [6, 6.07) is 9.05. The molecular formula is C16H23N3. The van der Waals surface area contributed by atoms with Gasteiger partial charge in [0.1, 0.15) is 0 Å². The minimum absolute atomic E-state index is 0.357. The third-order valence-corrected chi connectivity index (χ3v) is 3.33. The van der Waals surface area contributed by atoms with Crippen molar-refractivity contribution in [3.8, 4) is 0 Å². The van der Waals surface area contributed by atoms with E-state index in [2.05, 4.69) is 61.6 Å². The zero-order valence-corrected chi connectivity index (χ0v) is 12.1. The summed E-state index contributed by atoms with van der Waals surface area (Å²) in [5.74, 6) is 0. The van der Waals surface area contributed by atoms with Gasteiger partial charge in [-0.15, -0.1) is 0 Å². The Balaban J connectivity index is 1.88. The number of rotatable bonds is 6.